The molecule has 47 heavy (non-hydrogen) atoms. The molecule has 3 rings (SSSR count). The van der Waals surface area contributed by atoms with Gasteiger partial charge in [0.2, 0.25) is 27.2 Å². The van der Waals surface area contributed by atoms with Crippen molar-refractivity contribution in [1.29, 1.82) is 0 Å². The van der Waals surface area contributed by atoms with Crippen LogP contribution in [-0.2, 0) is 19.4 Å². The molecule has 1 aromatic carbocycles. The van der Waals surface area contributed by atoms with Crippen molar-refractivity contribution in [3.63, 3.8) is 0 Å². The Balaban J connectivity index is 0.000000390. The van der Waals surface area contributed by atoms with Gasteiger partial charge < -0.3 is 26.4 Å². The first kappa shape index (κ1) is 41.9. The lowest BCUT2D eigenvalue weighted by Gasteiger charge is -2.10. The maximum absolute atomic E-state index is 12.8. The number of anilines is 3. The number of hydrogen-bond donors (Lipinski definition) is 6. The van der Waals surface area contributed by atoms with E-state index in [1.165, 1.54) is 19.7 Å². The van der Waals surface area contributed by atoms with Crippen LogP contribution in [0.1, 0.15) is 32.6 Å². The minimum atomic E-state index is -3.65. The quantitative estimate of drug-likeness (QED) is 0.144. The van der Waals surface area contributed by atoms with Gasteiger partial charge in [-0.05, 0) is 50.9 Å². The van der Waals surface area contributed by atoms with Crippen LogP contribution in [0, 0.1) is 6.92 Å². The smallest absolute Gasteiger partial charge is 0.355 e. The van der Waals surface area contributed by atoms with E-state index in [1.54, 1.807) is 0 Å². The lowest BCUT2D eigenvalue weighted by Crippen LogP contribution is -2.30. The summed E-state index contributed by atoms with van der Waals surface area (Å²) in [5, 5.41) is 18.0. The van der Waals surface area contributed by atoms with E-state index in [4.69, 9.17) is 50.5 Å². The van der Waals surface area contributed by atoms with Crippen LogP contribution in [-0.4, -0.2) is 91.9 Å². The molecule has 2 unspecified atom stereocenters. The first-order valence-corrected chi connectivity index (χ1v) is 18.5. The Labute approximate surface area is 283 Å². The van der Waals surface area contributed by atoms with E-state index >= 15 is 0 Å². The van der Waals surface area contributed by atoms with Gasteiger partial charge in [0.15, 0.2) is 7.37 Å². The minimum Gasteiger partial charge on any atom is -0.480 e. The first-order chi connectivity index (χ1) is 21.6. The molecule has 0 aliphatic rings. The van der Waals surface area contributed by atoms with Gasteiger partial charge in [-0.1, -0.05) is 23.2 Å². The van der Waals surface area contributed by atoms with Gasteiger partial charge in [-0.15, -0.1) is 5.10 Å². The van der Waals surface area contributed by atoms with Crippen molar-refractivity contribution in [3.05, 3.63) is 43.8 Å². The van der Waals surface area contributed by atoms with Crippen LogP contribution < -0.4 is 26.8 Å². The summed E-state index contributed by atoms with van der Waals surface area (Å²) in [5.74, 6) is -0.371. The number of aliphatic carboxylic acids is 1. The fourth-order valence-electron chi connectivity index (χ4n) is 3.16. The van der Waals surface area contributed by atoms with Gasteiger partial charge in [0.1, 0.15) is 11.9 Å². The second kappa shape index (κ2) is 18.4. The van der Waals surface area contributed by atoms with E-state index in [9.17, 15) is 31.4 Å². The predicted molar refractivity (Wildman–Crippen MR) is 176 cm³/mol. The molecule has 7 N–H and O–H groups in total. The van der Waals surface area contributed by atoms with Crippen molar-refractivity contribution in [1.82, 2.24) is 29.3 Å². The Morgan fingerprint density at radius 1 is 1.09 bits per heavy atom. The number of nitrogens with one attached hydrogen (secondary N) is 3. The molecule has 2 aromatic heterocycles. The zero-order valence-electron chi connectivity index (χ0n) is 25.6. The predicted octanol–water partition coefficient (Wildman–Crippen LogP) is 3.49. The monoisotopic (exact) mass is 768 g/mol. The highest BCUT2D eigenvalue weighted by Crippen LogP contribution is 2.35. The van der Waals surface area contributed by atoms with E-state index in [-0.39, 0.29) is 49.7 Å². The summed E-state index contributed by atoms with van der Waals surface area (Å²) in [6, 6.07) is 1.28. The fraction of sp³-hybridized carbons (Fsp3) is 0.478. The van der Waals surface area contributed by atoms with Crippen LogP contribution >= 0.6 is 42.2 Å². The van der Waals surface area contributed by atoms with Gasteiger partial charge in [-0.2, -0.15) is 28.4 Å². The van der Waals surface area contributed by atoms with Gasteiger partial charge >= 0.3 is 18.2 Å². The summed E-state index contributed by atoms with van der Waals surface area (Å²) < 4.78 is 61.9. The summed E-state index contributed by atoms with van der Waals surface area (Å²) in [6.45, 7) is 4.77. The molecule has 2 heterocycles. The maximum atomic E-state index is 12.8. The molecule has 0 saturated heterocycles. The number of halogens is 5. The van der Waals surface area contributed by atoms with Crippen molar-refractivity contribution in [2.24, 2.45) is 5.73 Å². The number of carboxylic acid groups (broad SMARTS) is 1. The number of hydrogen-bond acceptors (Lipinski definition) is 12. The fourth-order valence-corrected chi connectivity index (χ4v) is 5.21. The summed E-state index contributed by atoms with van der Waals surface area (Å²) in [5.41, 5.74) is 3.82. The van der Waals surface area contributed by atoms with E-state index in [1.807, 2.05) is 13.8 Å². The molecule has 0 aliphatic carbocycles. The van der Waals surface area contributed by atoms with Crippen LogP contribution in [0.3, 0.4) is 0 Å². The topological polar surface area (TPSA) is 249 Å². The zero-order chi connectivity index (χ0) is 36.3. The third-order valence-electron chi connectivity index (χ3n) is 5.19. The highest BCUT2D eigenvalue weighted by Gasteiger charge is 2.21. The average molecular weight is 770 g/mol. The standard InChI is InChI=1S/C11H10Cl2F2N4O3S.C7H12ClN5.C5H12NO4P/c1-5-16-19(11(20)18(5)10(14)15)9-4-8(17-23(2,21)22)6(12)3-7(9)13;1-3-9-6-11-5(8)12-7(13-6)10-4-2;1-11(9,10)3-2-4(6)5(7)8/h3-4,10,17H,1-2H3;3-4H2,1-2H3,(H2,9,10,11,12,13);4H,2-3,6H2,1H3,(H,7,8)(H,9,10). The average Bonchev–Trinajstić information content (AvgIpc) is 3.22. The molecule has 0 amide bonds. The summed E-state index contributed by atoms with van der Waals surface area (Å²) in [7, 11) is -6.75. The maximum Gasteiger partial charge on any atom is 0.355 e. The highest BCUT2D eigenvalue weighted by molar-refractivity contribution is 7.92. The van der Waals surface area contributed by atoms with E-state index in [0.717, 1.165) is 25.4 Å². The third-order valence-corrected chi connectivity index (χ3v) is 7.65. The molecule has 0 spiro atoms. The number of aryl methyl sites for hydroxylation is 1. The molecular formula is C23H34Cl3F2N10O7PS. The molecule has 264 valence electrons. The number of carboxylic acids is 1. The summed E-state index contributed by atoms with van der Waals surface area (Å²) in [6.07, 6.45) is 0.902. The highest BCUT2D eigenvalue weighted by atomic mass is 35.5. The Morgan fingerprint density at radius 2 is 1.62 bits per heavy atom. The Kier molecular flexibility index (Phi) is 16.4. The minimum absolute atomic E-state index is 0.0257. The van der Waals surface area contributed by atoms with Crippen molar-refractivity contribution in [2.45, 2.75) is 39.8 Å². The number of nitrogens with two attached hydrogens (primary N) is 1. The van der Waals surface area contributed by atoms with Crippen molar-refractivity contribution in [3.8, 4) is 5.69 Å². The number of alkyl halides is 2. The first-order valence-electron chi connectivity index (χ1n) is 13.2. The second-order valence-corrected chi connectivity index (χ2v) is 14.8. The molecule has 0 aliphatic heterocycles. The molecule has 24 heteroatoms. The molecule has 0 fully saturated rings. The van der Waals surface area contributed by atoms with Gasteiger partial charge in [-0.3, -0.25) is 14.1 Å². The molecule has 0 bridgehead atoms. The zero-order valence-corrected chi connectivity index (χ0v) is 29.6. The molecule has 2 atom stereocenters. The number of benzene rings is 1. The van der Waals surface area contributed by atoms with Crippen LogP contribution in [0.15, 0.2) is 16.9 Å². The van der Waals surface area contributed by atoms with Crippen molar-refractivity contribution in [2.75, 3.05) is 47.5 Å². The summed E-state index contributed by atoms with van der Waals surface area (Å²) >= 11 is 17.5. The van der Waals surface area contributed by atoms with Gasteiger partial charge in [-0.25, -0.2) is 17.8 Å². The Hall–Kier alpha value is -3.13. The van der Waals surface area contributed by atoms with Crippen LogP contribution in [0.4, 0.5) is 26.4 Å². The molecule has 17 nitrogen and oxygen atoms in total. The number of rotatable bonds is 12. The van der Waals surface area contributed by atoms with Crippen molar-refractivity contribution >= 4 is 75.7 Å². The van der Waals surface area contributed by atoms with E-state index in [2.05, 4.69) is 35.4 Å². The SMILES string of the molecule is CCNc1nc(Cl)nc(NCC)n1.CP(=O)(O)CCC(N)C(=O)O.Cc1nn(-c2cc(NS(C)(=O)=O)c(Cl)cc2Cl)c(=O)n1C(F)F. The van der Waals surface area contributed by atoms with E-state index in [0.29, 0.717) is 16.6 Å². The second-order valence-electron chi connectivity index (χ2n) is 9.37. The van der Waals surface area contributed by atoms with Gasteiger partial charge in [0.05, 0.1) is 27.7 Å². The Morgan fingerprint density at radius 3 is 2.02 bits per heavy atom. The van der Waals surface area contributed by atoms with Gasteiger partial charge in [0, 0.05) is 25.9 Å². The molecule has 0 radical (unpaired) electrons. The number of aromatic nitrogens is 6. The normalized spacial score (nSPS) is 13.0. The number of nitrogens with zero attached hydrogens (tertiary/aromatic N) is 6. The third kappa shape index (κ3) is 14.7. The number of sulfonamides is 1. The molecular weight excluding hydrogens is 736 g/mol. The van der Waals surface area contributed by atoms with Crippen LogP contribution in [0.5, 0.6) is 0 Å². The number of carbonyl (C=O) groups is 1. The van der Waals surface area contributed by atoms with Crippen LogP contribution in [0.25, 0.3) is 5.69 Å². The lowest BCUT2D eigenvalue weighted by molar-refractivity contribution is -0.138. The van der Waals surface area contributed by atoms with E-state index < -0.39 is 41.6 Å². The van der Waals surface area contributed by atoms with Gasteiger partial charge in [0.25, 0.3) is 0 Å². The molecule has 0 saturated carbocycles. The Bertz CT molecular complexity index is 1720. The summed E-state index contributed by atoms with van der Waals surface area (Å²) in [4.78, 5) is 42.8. The van der Waals surface area contributed by atoms with Crippen molar-refractivity contribution < 1.29 is 36.6 Å². The lowest BCUT2D eigenvalue weighted by atomic mass is 10.2. The largest absolute Gasteiger partial charge is 0.480 e. The van der Waals surface area contributed by atoms with Crippen LogP contribution in [0.2, 0.25) is 15.3 Å². The molecule has 3 aromatic rings.